The van der Waals surface area contributed by atoms with E-state index in [0.29, 0.717) is 0 Å². The predicted molar refractivity (Wildman–Crippen MR) is 39.8 cm³/mol. The van der Waals surface area contributed by atoms with Crippen molar-refractivity contribution in [3.05, 3.63) is 0 Å². The number of aliphatic hydroxyl groups excluding tert-OH is 2. The van der Waals surface area contributed by atoms with E-state index < -0.39 is 39.1 Å². The Kier molecular flexibility index (Phi) is 3.59. The normalized spacial score (nSPS) is 38.9. The number of phosphoric acid groups is 1. The van der Waals surface area contributed by atoms with E-state index in [2.05, 4.69) is 9.26 Å². The van der Waals surface area contributed by atoms with Gasteiger partial charge in [0.1, 0.15) is 12.2 Å². The van der Waals surface area contributed by atoms with Crippen LogP contribution in [0.1, 0.15) is 0 Å². The molecule has 4 atom stereocenters. The van der Waals surface area contributed by atoms with Gasteiger partial charge >= 0.3 is 7.82 Å². The molecule has 4 N–H and O–H groups in total. The third kappa shape index (κ3) is 2.96. The third-order valence-electron chi connectivity index (χ3n) is 1.70. The van der Waals surface area contributed by atoms with Crippen LogP contribution in [0, 0.1) is 0 Å². The summed E-state index contributed by atoms with van der Waals surface area (Å²) >= 11 is 0. The highest BCUT2D eigenvalue weighted by Gasteiger charge is 2.44. The second kappa shape index (κ2) is 4.19. The Bertz CT molecular complexity index is 242. The highest BCUT2D eigenvalue weighted by Crippen LogP contribution is 2.37. The Balaban J connectivity index is 2.44. The number of hydrogen-bond donors (Lipinski definition) is 4. The molecular weight excluding hydrogens is 222 g/mol. The minimum absolute atomic E-state index is 0.692. The van der Waals surface area contributed by atoms with E-state index in [1.165, 1.54) is 0 Å². The molecule has 9 heteroatoms. The van der Waals surface area contributed by atoms with Crippen molar-refractivity contribution in [1.29, 1.82) is 0 Å². The molecule has 0 saturated carbocycles. The topological polar surface area (TPSA) is 116 Å². The van der Waals surface area contributed by atoms with Gasteiger partial charge < -0.3 is 24.7 Å². The molecule has 1 aliphatic heterocycles. The lowest BCUT2D eigenvalue weighted by molar-refractivity contribution is -0.120. The molecule has 0 aromatic rings. The SMILES string of the molecule is O=P(O)(O)OCC1OC(O)C(F)C1O. The number of rotatable bonds is 3. The van der Waals surface area contributed by atoms with E-state index in [9.17, 15) is 8.96 Å². The first-order valence-corrected chi connectivity index (χ1v) is 5.20. The molecule has 0 radical (unpaired) electrons. The van der Waals surface area contributed by atoms with Crippen molar-refractivity contribution in [2.45, 2.75) is 24.7 Å². The van der Waals surface area contributed by atoms with Crippen molar-refractivity contribution >= 4 is 7.82 Å². The van der Waals surface area contributed by atoms with Crippen molar-refractivity contribution in [2.75, 3.05) is 6.61 Å². The van der Waals surface area contributed by atoms with Crippen LogP contribution >= 0.6 is 7.82 Å². The molecule has 7 nitrogen and oxygen atoms in total. The Hall–Kier alpha value is -0.0800. The van der Waals surface area contributed by atoms with Crippen LogP contribution in [0.2, 0.25) is 0 Å². The largest absolute Gasteiger partial charge is 0.469 e. The summed E-state index contributed by atoms with van der Waals surface area (Å²) < 4.78 is 31.4. The van der Waals surface area contributed by atoms with Crippen molar-refractivity contribution in [2.24, 2.45) is 0 Å². The molecule has 1 rings (SSSR count). The Morgan fingerprint density at radius 3 is 2.36 bits per heavy atom. The fraction of sp³-hybridized carbons (Fsp3) is 1.00. The Morgan fingerprint density at radius 2 is 2.00 bits per heavy atom. The molecule has 84 valence electrons. The maximum absolute atomic E-state index is 12.7. The van der Waals surface area contributed by atoms with Crippen LogP contribution < -0.4 is 0 Å². The van der Waals surface area contributed by atoms with Crippen LogP contribution in [-0.2, 0) is 13.8 Å². The van der Waals surface area contributed by atoms with Gasteiger partial charge in [0.05, 0.1) is 6.61 Å². The van der Waals surface area contributed by atoms with Crippen LogP contribution in [0.4, 0.5) is 4.39 Å². The van der Waals surface area contributed by atoms with E-state index in [4.69, 9.17) is 20.0 Å². The standard InChI is InChI=1S/C5H10FO7P/c6-3-4(7)2(13-5(3)8)1-12-14(9,10)11/h2-5,7-8H,1H2,(H2,9,10,11). The molecule has 0 amide bonds. The molecule has 1 saturated heterocycles. The van der Waals surface area contributed by atoms with Crippen molar-refractivity contribution in [3.63, 3.8) is 0 Å². The molecule has 0 aromatic carbocycles. The maximum Gasteiger partial charge on any atom is 0.469 e. The van der Waals surface area contributed by atoms with Gasteiger partial charge in [0.2, 0.25) is 0 Å². The zero-order chi connectivity index (χ0) is 10.9. The van der Waals surface area contributed by atoms with Crippen molar-refractivity contribution < 1.29 is 38.2 Å². The first kappa shape index (κ1) is 12.0. The fourth-order valence-corrected chi connectivity index (χ4v) is 1.36. The van der Waals surface area contributed by atoms with Crippen molar-refractivity contribution in [1.82, 2.24) is 0 Å². The molecule has 1 heterocycles. The van der Waals surface area contributed by atoms with E-state index in [1.807, 2.05) is 0 Å². The fourth-order valence-electron chi connectivity index (χ4n) is 1.02. The first-order chi connectivity index (χ1) is 6.31. The van der Waals surface area contributed by atoms with Gasteiger partial charge in [0, 0.05) is 0 Å². The van der Waals surface area contributed by atoms with Gasteiger partial charge in [-0.2, -0.15) is 0 Å². The molecule has 1 fully saturated rings. The highest BCUT2D eigenvalue weighted by atomic mass is 31.2. The molecule has 0 aromatic heterocycles. The summed E-state index contributed by atoms with van der Waals surface area (Å²) in [6, 6.07) is 0. The van der Waals surface area contributed by atoms with Crippen LogP contribution in [0.5, 0.6) is 0 Å². The first-order valence-electron chi connectivity index (χ1n) is 3.67. The summed E-state index contributed by atoms with van der Waals surface area (Å²) in [5, 5.41) is 17.8. The summed E-state index contributed by atoms with van der Waals surface area (Å²) in [5.41, 5.74) is 0. The number of alkyl halides is 1. The number of halogens is 1. The summed E-state index contributed by atoms with van der Waals surface area (Å²) in [6.45, 7) is -0.692. The minimum Gasteiger partial charge on any atom is -0.387 e. The van der Waals surface area contributed by atoms with Crippen LogP contribution in [-0.4, -0.2) is 51.3 Å². The Morgan fingerprint density at radius 1 is 1.43 bits per heavy atom. The molecule has 4 unspecified atom stereocenters. The summed E-state index contributed by atoms with van der Waals surface area (Å²) in [6.07, 6.45) is -6.74. The number of aliphatic hydroxyl groups is 2. The van der Waals surface area contributed by atoms with Crippen LogP contribution in [0.25, 0.3) is 0 Å². The quantitative estimate of drug-likeness (QED) is 0.438. The Labute approximate surface area is 78.3 Å². The second-order valence-electron chi connectivity index (χ2n) is 2.79. The average molecular weight is 232 g/mol. The molecule has 0 spiro atoms. The van der Waals surface area contributed by atoms with Crippen LogP contribution in [0.15, 0.2) is 0 Å². The van der Waals surface area contributed by atoms with E-state index in [1.54, 1.807) is 0 Å². The molecule has 0 bridgehead atoms. The van der Waals surface area contributed by atoms with Gasteiger partial charge in [0.25, 0.3) is 0 Å². The summed E-state index contributed by atoms with van der Waals surface area (Å²) in [4.78, 5) is 16.6. The zero-order valence-corrected chi connectivity index (χ0v) is 7.75. The third-order valence-corrected chi connectivity index (χ3v) is 2.19. The summed E-state index contributed by atoms with van der Waals surface area (Å²) in [7, 11) is -4.68. The number of hydrogen-bond acceptors (Lipinski definition) is 5. The molecule has 1 aliphatic rings. The predicted octanol–water partition coefficient (Wildman–Crippen LogP) is -1.49. The second-order valence-corrected chi connectivity index (χ2v) is 4.03. The lowest BCUT2D eigenvalue weighted by atomic mass is 10.2. The van der Waals surface area contributed by atoms with E-state index >= 15 is 0 Å². The van der Waals surface area contributed by atoms with Crippen molar-refractivity contribution in [3.8, 4) is 0 Å². The van der Waals surface area contributed by atoms with Gasteiger partial charge in [-0.15, -0.1) is 0 Å². The lowest BCUT2D eigenvalue weighted by Gasteiger charge is -2.13. The highest BCUT2D eigenvalue weighted by molar-refractivity contribution is 7.46. The number of phosphoric ester groups is 1. The lowest BCUT2D eigenvalue weighted by Crippen LogP contribution is -2.31. The maximum atomic E-state index is 12.7. The van der Waals surface area contributed by atoms with Gasteiger partial charge in [-0.25, -0.2) is 8.96 Å². The van der Waals surface area contributed by atoms with Gasteiger partial charge in [-0.1, -0.05) is 0 Å². The summed E-state index contributed by atoms with van der Waals surface area (Å²) in [5.74, 6) is 0. The zero-order valence-electron chi connectivity index (χ0n) is 6.86. The van der Waals surface area contributed by atoms with E-state index in [0.717, 1.165) is 0 Å². The monoisotopic (exact) mass is 232 g/mol. The van der Waals surface area contributed by atoms with Gasteiger partial charge in [-0.3, -0.25) is 4.52 Å². The average Bonchev–Trinajstić information content (AvgIpc) is 2.28. The van der Waals surface area contributed by atoms with Gasteiger partial charge in [0.15, 0.2) is 12.5 Å². The smallest absolute Gasteiger partial charge is 0.387 e. The van der Waals surface area contributed by atoms with Crippen LogP contribution in [0.3, 0.4) is 0 Å². The minimum atomic E-state index is -4.68. The number of ether oxygens (including phenoxy) is 1. The molecular formula is C5H10FO7P. The molecule has 14 heavy (non-hydrogen) atoms. The van der Waals surface area contributed by atoms with E-state index in [-0.39, 0.29) is 0 Å². The molecule has 0 aliphatic carbocycles. The van der Waals surface area contributed by atoms with Gasteiger partial charge in [-0.05, 0) is 0 Å².